The van der Waals surface area contributed by atoms with Crippen LogP contribution in [0.2, 0.25) is 0 Å². The molecule has 0 aliphatic carbocycles. The predicted octanol–water partition coefficient (Wildman–Crippen LogP) is 2.93. The number of carbonyl (C=O) groups excluding carboxylic acids is 1. The van der Waals surface area contributed by atoms with Crippen molar-refractivity contribution >= 4 is 11.6 Å². The molecular formula is C17H25NO3. The minimum absolute atomic E-state index is 0.00444. The van der Waals surface area contributed by atoms with Crippen molar-refractivity contribution in [1.82, 2.24) is 0 Å². The van der Waals surface area contributed by atoms with E-state index in [0.29, 0.717) is 13.2 Å². The van der Waals surface area contributed by atoms with Gasteiger partial charge in [0.2, 0.25) is 0 Å². The highest BCUT2D eigenvalue weighted by molar-refractivity contribution is 5.96. The van der Waals surface area contributed by atoms with E-state index >= 15 is 0 Å². The number of ether oxygens (including phenoxy) is 2. The first-order valence-electron chi connectivity index (χ1n) is 7.73. The molecule has 116 valence electrons. The van der Waals surface area contributed by atoms with Crippen LogP contribution in [0.3, 0.4) is 0 Å². The molecule has 4 nitrogen and oxygen atoms in total. The van der Waals surface area contributed by atoms with Gasteiger partial charge in [0.1, 0.15) is 6.10 Å². The zero-order chi connectivity index (χ0) is 15.2. The second-order valence-corrected chi connectivity index (χ2v) is 5.48. The van der Waals surface area contributed by atoms with Crippen molar-refractivity contribution < 1.29 is 14.3 Å². The maximum atomic E-state index is 12.6. The minimum Gasteiger partial charge on any atom is -0.376 e. The minimum atomic E-state index is -0.450. The number of nitrogens with zero attached hydrogens (tertiary/aromatic N) is 1. The Morgan fingerprint density at radius 3 is 2.86 bits per heavy atom. The highest BCUT2D eigenvalue weighted by atomic mass is 16.5. The van der Waals surface area contributed by atoms with Gasteiger partial charge in [-0.3, -0.25) is 4.79 Å². The smallest absolute Gasteiger partial charge is 0.255 e. The zero-order valence-corrected chi connectivity index (χ0v) is 13.2. The second kappa shape index (κ2) is 7.57. The zero-order valence-electron chi connectivity index (χ0n) is 13.2. The molecule has 2 unspecified atom stereocenters. The summed E-state index contributed by atoms with van der Waals surface area (Å²) >= 11 is 0. The third-order valence-electron chi connectivity index (χ3n) is 3.89. The number of amides is 1. The third-order valence-corrected chi connectivity index (χ3v) is 3.89. The van der Waals surface area contributed by atoms with E-state index in [1.165, 1.54) is 0 Å². The van der Waals surface area contributed by atoms with Crippen molar-refractivity contribution in [3.63, 3.8) is 0 Å². The Bertz CT molecular complexity index is 469. The van der Waals surface area contributed by atoms with Crippen molar-refractivity contribution in [2.75, 3.05) is 24.7 Å². The summed E-state index contributed by atoms with van der Waals surface area (Å²) in [6.45, 7) is 7.76. The Labute approximate surface area is 127 Å². The molecule has 0 aromatic heterocycles. The lowest BCUT2D eigenvalue weighted by atomic mass is 10.1. The first-order valence-corrected chi connectivity index (χ1v) is 7.73. The molecule has 0 N–H and O–H groups in total. The number of likely N-dealkylation sites (N-methyl/N-ethyl adjacent to an activating group) is 1. The van der Waals surface area contributed by atoms with Crippen LogP contribution in [0.1, 0.15) is 32.3 Å². The molecule has 1 aliphatic rings. The highest BCUT2D eigenvalue weighted by Crippen LogP contribution is 2.21. The molecule has 2 atom stereocenters. The van der Waals surface area contributed by atoms with Gasteiger partial charge in [0.25, 0.3) is 5.91 Å². The number of para-hydroxylation sites is 1. The van der Waals surface area contributed by atoms with E-state index in [1.807, 2.05) is 45.0 Å². The molecule has 4 heteroatoms. The molecule has 1 heterocycles. The third kappa shape index (κ3) is 4.05. The standard InChI is InChI=1S/C17H25NO3/c1-4-18(16-10-6-5-8-13(16)2)17(19)14(3)21-12-15-9-7-11-20-15/h5-6,8,10,14-15H,4,7,9,11-12H2,1-3H3. The van der Waals surface area contributed by atoms with Crippen LogP contribution in [-0.4, -0.2) is 37.9 Å². The van der Waals surface area contributed by atoms with E-state index in [4.69, 9.17) is 9.47 Å². The summed E-state index contributed by atoms with van der Waals surface area (Å²) in [7, 11) is 0. The molecule has 1 fully saturated rings. The Balaban J connectivity index is 1.97. The number of anilines is 1. The summed E-state index contributed by atoms with van der Waals surface area (Å²) in [6.07, 6.45) is 1.80. The van der Waals surface area contributed by atoms with Gasteiger partial charge in [0, 0.05) is 18.8 Å². The Morgan fingerprint density at radius 2 is 2.24 bits per heavy atom. The summed E-state index contributed by atoms with van der Waals surface area (Å²) in [6, 6.07) is 7.93. The molecule has 0 saturated carbocycles. The average molecular weight is 291 g/mol. The summed E-state index contributed by atoms with van der Waals surface area (Å²) < 4.78 is 11.2. The van der Waals surface area contributed by atoms with E-state index < -0.39 is 6.10 Å². The van der Waals surface area contributed by atoms with Gasteiger partial charge in [-0.1, -0.05) is 18.2 Å². The van der Waals surface area contributed by atoms with E-state index in [2.05, 4.69) is 0 Å². The maximum Gasteiger partial charge on any atom is 0.255 e. The van der Waals surface area contributed by atoms with Gasteiger partial charge in [0.05, 0.1) is 12.7 Å². The lowest BCUT2D eigenvalue weighted by Gasteiger charge is -2.26. The molecular weight excluding hydrogens is 266 g/mol. The fourth-order valence-electron chi connectivity index (χ4n) is 2.63. The molecule has 0 bridgehead atoms. The van der Waals surface area contributed by atoms with Gasteiger partial charge >= 0.3 is 0 Å². The van der Waals surface area contributed by atoms with Gasteiger partial charge < -0.3 is 14.4 Å². The SMILES string of the molecule is CCN(C(=O)C(C)OCC1CCCO1)c1ccccc1C. The van der Waals surface area contributed by atoms with Crippen molar-refractivity contribution in [3.05, 3.63) is 29.8 Å². The predicted molar refractivity (Wildman–Crippen MR) is 83.6 cm³/mol. The fraction of sp³-hybridized carbons (Fsp3) is 0.588. The normalized spacial score (nSPS) is 19.5. The number of carbonyl (C=O) groups is 1. The van der Waals surface area contributed by atoms with Crippen LogP contribution >= 0.6 is 0 Å². The van der Waals surface area contributed by atoms with Crippen LogP contribution < -0.4 is 4.90 Å². The lowest BCUT2D eigenvalue weighted by Crippen LogP contribution is -2.40. The lowest BCUT2D eigenvalue weighted by molar-refractivity contribution is -0.131. The molecule has 2 rings (SSSR count). The van der Waals surface area contributed by atoms with Crippen molar-refractivity contribution in [3.8, 4) is 0 Å². The van der Waals surface area contributed by atoms with Gasteiger partial charge in [-0.25, -0.2) is 0 Å². The van der Waals surface area contributed by atoms with Gasteiger partial charge in [-0.05, 0) is 45.2 Å². The topological polar surface area (TPSA) is 38.8 Å². The average Bonchev–Trinajstić information content (AvgIpc) is 3.00. The number of hydrogen-bond acceptors (Lipinski definition) is 3. The van der Waals surface area contributed by atoms with Gasteiger partial charge in [-0.2, -0.15) is 0 Å². The van der Waals surface area contributed by atoms with Crippen LogP contribution in [0.25, 0.3) is 0 Å². The van der Waals surface area contributed by atoms with Crippen LogP contribution in [0.4, 0.5) is 5.69 Å². The van der Waals surface area contributed by atoms with Crippen LogP contribution in [0.15, 0.2) is 24.3 Å². The Hall–Kier alpha value is -1.39. The fourth-order valence-corrected chi connectivity index (χ4v) is 2.63. The van der Waals surface area contributed by atoms with E-state index in [0.717, 1.165) is 30.7 Å². The number of benzene rings is 1. The maximum absolute atomic E-state index is 12.6. The number of aryl methyl sites for hydroxylation is 1. The summed E-state index contributed by atoms with van der Waals surface area (Å²) in [5, 5.41) is 0. The van der Waals surface area contributed by atoms with E-state index in [-0.39, 0.29) is 12.0 Å². The van der Waals surface area contributed by atoms with Crippen LogP contribution in [0.5, 0.6) is 0 Å². The van der Waals surface area contributed by atoms with Crippen molar-refractivity contribution in [2.45, 2.75) is 45.8 Å². The van der Waals surface area contributed by atoms with Crippen molar-refractivity contribution in [2.24, 2.45) is 0 Å². The van der Waals surface area contributed by atoms with Crippen LogP contribution in [-0.2, 0) is 14.3 Å². The first kappa shape index (κ1) is 16.0. The Kier molecular flexibility index (Phi) is 5.76. The molecule has 1 aliphatic heterocycles. The molecule has 0 spiro atoms. The summed E-state index contributed by atoms with van der Waals surface area (Å²) in [4.78, 5) is 14.4. The summed E-state index contributed by atoms with van der Waals surface area (Å²) in [5.41, 5.74) is 2.05. The first-order chi connectivity index (χ1) is 10.1. The molecule has 1 aromatic rings. The molecule has 0 radical (unpaired) electrons. The van der Waals surface area contributed by atoms with Crippen molar-refractivity contribution in [1.29, 1.82) is 0 Å². The van der Waals surface area contributed by atoms with Gasteiger partial charge in [-0.15, -0.1) is 0 Å². The second-order valence-electron chi connectivity index (χ2n) is 5.48. The molecule has 1 saturated heterocycles. The molecule has 1 aromatic carbocycles. The quantitative estimate of drug-likeness (QED) is 0.809. The highest BCUT2D eigenvalue weighted by Gasteiger charge is 2.24. The molecule has 1 amide bonds. The number of hydrogen-bond donors (Lipinski definition) is 0. The summed E-state index contributed by atoms with van der Waals surface area (Å²) in [5.74, 6) is 0.00444. The largest absolute Gasteiger partial charge is 0.376 e. The monoisotopic (exact) mass is 291 g/mol. The number of rotatable bonds is 6. The Morgan fingerprint density at radius 1 is 1.48 bits per heavy atom. The van der Waals surface area contributed by atoms with Crippen LogP contribution in [0, 0.1) is 6.92 Å². The molecule has 21 heavy (non-hydrogen) atoms. The van der Waals surface area contributed by atoms with E-state index in [9.17, 15) is 4.79 Å². The van der Waals surface area contributed by atoms with Gasteiger partial charge in [0.15, 0.2) is 0 Å². The van der Waals surface area contributed by atoms with E-state index in [1.54, 1.807) is 4.90 Å².